The van der Waals surface area contributed by atoms with Crippen molar-refractivity contribution in [3.63, 3.8) is 0 Å². The first-order chi connectivity index (χ1) is 12.0. The van der Waals surface area contributed by atoms with E-state index in [9.17, 15) is 10.1 Å². The van der Waals surface area contributed by atoms with Crippen LogP contribution >= 0.6 is 34.8 Å². The zero-order valence-electron chi connectivity index (χ0n) is 12.9. The summed E-state index contributed by atoms with van der Waals surface area (Å²) in [5, 5.41) is 16.0. The number of benzene rings is 2. The van der Waals surface area contributed by atoms with Gasteiger partial charge in [-0.25, -0.2) is 0 Å². The van der Waals surface area contributed by atoms with E-state index in [1.54, 1.807) is 18.2 Å². The second-order valence-electron chi connectivity index (χ2n) is 6.27. The standard InChI is InChI=1S/C18H13Cl3N2O2/c19-13-8-14(20)18-15(16(13)21)11-5-2-6-12(11)17(22-18)9-3-1-4-10(7-9)23(24)25/h1-5,7-8,11-12,17,22H,6H2. The number of halogens is 3. The molecule has 0 fully saturated rings. The van der Waals surface area contributed by atoms with Crippen LogP contribution in [0, 0.1) is 16.0 Å². The molecule has 0 bridgehead atoms. The van der Waals surface area contributed by atoms with Crippen LogP contribution in [-0.2, 0) is 0 Å². The van der Waals surface area contributed by atoms with Gasteiger partial charge in [-0.1, -0.05) is 59.1 Å². The summed E-state index contributed by atoms with van der Waals surface area (Å²) in [5.41, 5.74) is 2.59. The molecule has 0 aromatic heterocycles. The number of hydrogen-bond donors (Lipinski definition) is 1. The fourth-order valence-electron chi connectivity index (χ4n) is 3.82. The average molecular weight is 396 g/mol. The third-order valence-corrected chi connectivity index (χ3v) is 6.02. The van der Waals surface area contributed by atoms with Crippen molar-refractivity contribution >= 4 is 46.2 Å². The zero-order valence-corrected chi connectivity index (χ0v) is 15.1. The topological polar surface area (TPSA) is 55.2 Å². The predicted octanol–water partition coefficient (Wildman–Crippen LogP) is 6.38. The molecule has 1 aliphatic heterocycles. The van der Waals surface area contributed by atoms with Crippen molar-refractivity contribution in [3.05, 3.63) is 78.8 Å². The number of fused-ring (bicyclic) bond motifs is 3. The lowest BCUT2D eigenvalue weighted by molar-refractivity contribution is -0.384. The van der Waals surface area contributed by atoms with Gasteiger partial charge in [0.15, 0.2) is 0 Å². The van der Waals surface area contributed by atoms with Gasteiger partial charge in [0.1, 0.15) is 0 Å². The smallest absolute Gasteiger partial charge is 0.269 e. The van der Waals surface area contributed by atoms with Gasteiger partial charge < -0.3 is 5.32 Å². The number of non-ortho nitro benzene ring substituents is 1. The van der Waals surface area contributed by atoms with Crippen LogP contribution in [0.3, 0.4) is 0 Å². The summed E-state index contributed by atoms with van der Waals surface area (Å²) in [4.78, 5) is 10.7. The minimum Gasteiger partial charge on any atom is -0.376 e. The molecule has 4 nitrogen and oxygen atoms in total. The van der Waals surface area contributed by atoms with Gasteiger partial charge >= 0.3 is 0 Å². The largest absolute Gasteiger partial charge is 0.376 e. The minimum atomic E-state index is -0.381. The molecule has 1 heterocycles. The van der Waals surface area contributed by atoms with Crippen molar-refractivity contribution in [1.29, 1.82) is 0 Å². The Labute approximate surface area is 159 Å². The predicted molar refractivity (Wildman–Crippen MR) is 101 cm³/mol. The van der Waals surface area contributed by atoms with Crippen LogP contribution in [0.1, 0.15) is 29.5 Å². The van der Waals surface area contributed by atoms with Crippen molar-refractivity contribution < 1.29 is 4.92 Å². The quantitative estimate of drug-likeness (QED) is 0.278. The molecule has 25 heavy (non-hydrogen) atoms. The molecule has 0 radical (unpaired) electrons. The molecule has 0 saturated heterocycles. The lowest BCUT2D eigenvalue weighted by Gasteiger charge is -2.38. The summed E-state index contributed by atoms with van der Waals surface area (Å²) in [6.45, 7) is 0. The van der Waals surface area contributed by atoms with Crippen LogP contribution in [0.5, 0.6) is 0 Å². The zero-order chi connectivity index (χ0) is 17.7. The number of nitro groups is 1. The number of nitro benzene ring substituents is 1. The van der Waals surface area contributed by atoms with Gasteiger partial charge in [0.25, 0.3) is 5.69 Å². The second kappa shape index (κ2) is 6.20. The lowest BCUT2D eigenvalue weighted by atomic mass is 9.77. The molecule has 2 aromatic carbocycles. The molecule has 1 aliphatic carbocycles. The van der Waals surface area contributed by atoms with Gasteiger partial charge in [0.05, 0.1) is 31.7 Å². The Morgan fingerprint density at radius 1 is 1.16 bits per heavy atom. The maximum Gasteiger partial charge on any atom is 0.269 e. The maximum atomic E-state index is 11.1. The highest BCUT2D eigenvalue weighted by molar-refractivity contribution is 6.44. The molecular weight excluding hydrogens is 383 g/mol. The highest BCUT2D eigenvalue weighted by Gasteiger charge is 2.40. The van der Waals surface area contributed by atoms with E-state index in [1.165, 1.54) is 6.07 Å². The summed E-state index contributed by atoms with van der Waals surface area (Å²) in [6, 6.07) is 8.25. The average Bonchev–Trinajstić information content (AvgIpc) is 3.08. The fourth-order valence-corrected chi connectivity index (χ4v) is 4.63. The van der Waals surface area contributed by atoms with Gasteiger partial charge in [0.2, 0.25) is 0 Å². The van der Waals surface area contributed by atoms with E-state index >= 15 is 0 Å². The number of nitrogens with zero attached hydrogens (tertiary/aromatic N) is 1. The van der Waals surface area contributed by atoms with Gasteiger partial charge in [-0.3, -0.25) is 10.1 Å². The summed E-state index contributed by atoms with van der Waals surface area (Å²) >= 11 is 19.1. The Morgan fingerprint density at radius 2 is 1.96 bits per heavy atom. The maximum absolute atomic E-state index is 11.1. The van der Waals surface area contributed by atoms with Crippen LogP contribution in [0.4, 0.5) is 11.4 Å². The van der Waals surface area contributed by atoms with E-state index in [2.05, 4.69) is 17.5 Å². The van der Waals surface area contributed by atoms with E-state index in [0.29, 0.717) is 15.1 Å². The summed E-state index contributed by atoms with van der Waals surface area (Å²) in [7, 11) is 0. The Kier molecular flexibility index (Phi) is 4.14. The lowest BCUT2D eigenvalue weighted by Crippen LogP contribution is -2.29. The van der Waals surface area contributed by atoms with Gasteiger partial charge in [-0.15, -0.1) is 0 Å². The molecule has 0 saturated carbocycles. The van der Waals surface area contributed by atoms with Crippen molar-refractivity contribution in [3.8, 4) is 0 Å². The molecule has 2 aromatic rings. The summed E-state index contributed by atoms with van der Waals surface area (Å²) < 4.78 is 0. The second-order valence-corrected chi connectivity index (χ2v) is 7.46. The van der Waals surface area contributed by atoms with E-state index in [1.807, 2.05) is 6.07 Å². The van der Waals surface area contributed by atoms with Gasteiger partial charge in [-0.2, -0.15) is 0 Å². The number of anilines is 1. The van der Waals surface area contributed by atoms with Crippen LogP contribution in [-0.4, -0.2) is 4.92 Å². The molecule has 1 N–H and O–H groups in total. The third kappa shape index (κ3) is 2.69. The van der Waals surface area contributed by atoms with Gasteiger partial charge in [0, 0.05) is 23.6 Å². The molecule has 3 atom stereocenters. The molecular formula is C18H13Cl3N2O2. The van der Waals surface area contributed by atoms with Crippen molar-refractivity contribution in [1.82, 2.24) is 0 Å². The Balaban J connectivity index is 1.85. The number of hydrogen-bond acceptors (Lipinski definition) is 3. The number of allylic oxidation sites excluding steroid dienone is 2. The van der Waals surface area contributed by atoms with Crippen LogP contribution in [0.15, 0.2) is 42.5 Å². The van der Waals surface area contributed by atoms with Crippen molar-refractivity contribution in [2.24, 2.45) is 5.92 Å². The molecule has 128 valence electrons. The van der Waals surface area contributed by atoms with E-state index in [0.717, 1.165) is 23.2 Å². The Morgan fingerprint density at radius 3 is 2.72 bits per heavy atom. The van der Waals surface area contributed by atoms with E-state index in [-0.39, 0.29) is 28.5 Å². The van der Waals surface area contributed by atoms with Crippen molar-refractivity contribution in [2.75, 3.05) is 5.32 Å². The van der Waals surface area contributed by atoms with Crippen LogP contribution < -0.4 is 5.32 Å². The molecule has 4 rings (SSSR count). The SMILES string of the molecule is O=[N+]([O-])c1cccc(C2Nc3c(Cl)cc(Cl)c(Cl)c3C3C=CCC32)c1. The molecule has 7 heteroatoms. The van der Waals surface area contributed by atoms with E-state index < -0.39 is 0 Å². The third-order valence-electron chi connectivity index (χ3n) is 4.92. The summed E-state index contributed by atoms with van der Waals surface area (Å²) in [6.07, 6.45) is 5.08. The molecule has 0 amide bonds. The fraction of sp³-hybridized carbons (Fsp3) is 0.222. The number of rotatable bonds is 2. The Hall–Kier alpha value is -1.75. The molecule has 3 unspecified atom stereocenters. The van der Waals surface area contributed by atoms with Crippen molar-refractivity contribution in [2.45, 2.75) is 18.4 Å². The van der Waals surface area contributed by atoms with Crippen LogP contribution in [0.2, 0.25) is 15.1 Å². The first kappa shape index (κ1) is 16.7. The summed E-state index contributed by atoms with van der Waals surface area (Å²) in [5.74, 6) is 0.269. The first-order valence-corrected chi connectivity index (χ1v) is 8.95. The molecule has 2 aliphatic rings. The monoisotopic (exact) mass is 394 g/mol. The Bertz CT molecular complexity index is 913. The van der Waals surface area contributed by atoms with Crippen LogP contribution in [0.25, 0.3) is 0 Å². The minimum absolute atomic E-state index is 0.0733. The van der Waals surface area contributed by atoms with Gasteiger partial charge in [-0.05, 0) is 24.0 Å². The van der Waals surface area contributed by atoms with E-state index in [4.69, 9.17) is 34.8 Å². The highest BCUT2D eigenvalue weighted by Crippen LogP contribution is 2.55. The molecule has 0 spiro atoms. The highest BCUT2D eigenvalue weighted by atomic mass is 35.5. The normalized spacial score (nSPS) is 23.7. The number of nitrogens with one attached hydrogen (secondary N) is 1. The first-order valence-electron chi connectivity index (χ1n) is 7.82.